The first-order valence-electron chi connectivity index (χ1n) is 11.7. The van der Waals surface area contributed by atoms with Crippen LogP contribution < -0.4 is 4.74 Å². The van der Waals surface area contributed by atoms with Gasteiger partial charge in [-0.3, -0.25) is 0 Å². The monoisotopic (exact) mass is 750 g/mol. The highest BCUT2D eigenvalue weighted by atomic mass is 127. The maximum atomic E-state index is 8.29. The summed E-state index contributed by atoms with van der Waals surface area (Å²) in [6.45, 7) is 2.98. The fourth-order valence-electron chi connectivity index (χ4n) is 3.05. The van der Waals surface area contributed by atoms with Gasteiger partial charge in [0.1, 0.15) is 17.8 Å². The van der Waals surface area contributed by atoms with Crippen LogP contribution in [-0.4, -0.2) is 89.3 Å². The third kappa shape index (κ3) is 11.9. The molecule has 0 saturated heterocycles. The summed E-state index contributed by atoms with van der Waals surface area (Å²) in [7, 11) is 8.11. The Morgan fingerprint density at radius 3 is 1.89 bits per heavy atom. The molecule has 4 rings (SSSR count). The summed E-state index contributed by atoms with van der Waals surface area (Å²) in [5, 5.41) is 10.7. The molecule has 0 saturated carbocycles. The van der Waals surface area contributed by atoms with E-state index in [2.05, 4.69) is 95.1 Å². The lowest BCUT2D eigenvalue weighted by molar-refractivity contribution is 0.263. The Labute approximate surface area is 251 Å². The van der Waals surface area contributed by atoms with E-state index in [0.717, 1.165) is 54.9 Å². The number of nitrogens with zero attached hydrogens (tertiary/aromatic N) is 6. The zero-order valence-corrected chi connectivity index (χ0v) is 26.6. The van der Waals surface area contributed by atoms with Gasteiger partial charge in [0.05, 0.1) is 23.0 Å². The van der Waals surface area contributed by atoms with E-state index >= 15 is 0 Å². The number of aromatic nitrogens is 4. The number of rotatable bonds is 8. The van der Waals surface area contributed by atoms with Crippen molar-refractivity contribution in [3.8, 4) is 5.88 Å². The minimum Gasteiger partial charge on any atom is -0.477 e. The first-order chi connectivity index (χ1) is 17.7. The minimum atomic E-state index is 0.304. The number of aliphatic hydroxyl groups excluding tert-OH is 1. The Kier molecular flexibility index (Phi) is 14.8. The summed E-state index contributed by atoms with van der Waals surface area (Å²) in [6, 6.07) is 12.0. The first-order valence-corrected chi connectivity index (χ1v) is 14.2. The van der Waals surface area contributed by atoms with Crippen LogP contribution in [0.5, 0.6) is 5.88 Å². The van der Waals surface area contributed by atoms with Crippen molar-refractivity contribution in [3.05, 3.63) is 61.3 Å². The molecule has 200 valence electrons. The second-order valence-electron chi connectivity index (χ2n) is 8.55. The van der Waals surface area contributed by atoms with Crippen LogP contribution in [0.3, 0.4) is 0 Å². The van der Waals surface area contributed by atoms with E-state index in [1.54, 1.807) is 6.33 Å². The lowest BCUT2D eigenvalue weighted by atomic mass is 10.2. The van der Waals surface area contributed by atoms with Gasteiger partial charge in [0.25, 0.3) is 0 Å². The number of aliphatic hydroxyl groups is 1. The van der Waals surface area contributed by atoms with Gasteiger partial charge in [-0.05, 0) is 129 Å². The van der Waals surface area contributed by atoms with Crippen molar-refractivity contribution in [2.24, 2.45) is 0 Å². The minimum absolute atomic E-state index is 0.304. The molecule has 1 N–H and O–H groups in total. The molecule has 0 aliphatic rings. The van der Waals surface area contributed by atoms with Crippen molar-refractivity contribution in [2.75, 3.05) is 54.5 Å². The zero-order valence-electron chi connectivity index (χ0n) is 21.5. The fraction of sp³-hybridized carbons (Fsp3) is 0.385. The van der Waals surface area contributed by atoms with Crippen molar-refractivity contribution < 1.29 is 9.84 Å². The molecular weight excluding hydrogens is 718 g/mol. The average molecular weight is 751 g/mol. The molecule has 0 aliphatic carbocycles. The summed E-state index contributed by atoms with van der Waals surface area (Å²) in [4.78, 5) is 20.6. The largest absolute Gasteiger partial charge is 0.477 e. The van der Waals surface area contributed by atoms with E-state index in [9.17, 15) is 0 Å². The summed E-state index contributed by atoms with van der Waals surface area (Å²) in [5.41, 5.74) is 1.81. The van der Waals surface area contributed by atoms with E-state index in [1.807, 2.05) is 44.4 Å². The van der Waals surface area contributed by atoms with Gasteiger partial charge in [-0.15, -0.1) is 0 Å². The number of benzene rings is 2. The van der Waals surface area contributed by atoms with Crippen LogP contribution in [0.2, 0.25) is 5.15 Å². The lowest BCUT2D eigenvalue weighted by Crippen LogP contribution is -2.15. The third-order valence-corrected chi connectivity index (χ3v) is 6.50. The lowest BCUT2D eigenvalue weighted by Gasteiger charge is -2.10. The second-order valence-corrected chi connectivity index (χ2v) is 11.4. The van der Waals surface area contributed by atoms with Crippen molar-refractivity contribution in [2.45, 2.75) is 12.8 Å². The predicted molar refractivity (Wildman–Crippen MR) is 168 cm³/mol. The predicted octanol–water partition coefficient (Wildman–Crippen LogP) is 5.38. The van der Waals surface area contributed by atoms with E-state index in [-0.39, 0.29) is 0 Å². The summed E-state index contributed by atoms with van der Waals surface area (Å²) in [5.74, 6) is 0.678. The van der Waals surface area contributed by atoms with Crippen LogP contribution in [0.15, 0.2) is 49.1 Å². The quantitative estimate of drug-likeness (QED) is 0.146. The number of hydrogen-bond donors (Lipinski definition) is 1. The van der Waals surface area contributed by atoms with Gasteiger partial charge >= 0.3 is 0 Å². The number of halogens is 3. The SMILES string of the molecule is CN(C)CCCO.CN(C)CCCOc1ncnc2ccc(I)cc12.Clc1ncnc2ccc(I)cc12. The van der Waals surface area contributed by atoms with E-state index in [4.69, 9.17) is 21.4 Å². The summed E-state index contributed by atoms with van der Waals surface area (Å²) < 4.78 is 8.04. The molecule has 2 heterocycles. The Bertz CT molecular complexity index is 1250. The van der Waals surface area contributed by atoms with Crippen LogP contribution >= 0.6 is 56.8 Å². The van der Waals surface area contributed by atoms with Gasteiger partial charge in [0.15, 0.2) is 0 Å². The van der Waals surface area contributed by atoms with Crippen LogP contribution in [0.25, 0.3) is 21.8 Å². The number of fused-ring (bicyclic) bond motifs is 2. The standard InChI is InChI=1S/C13H16IN3O.C8H4ClIN2.C5H13NO/c1-17(2)6-3-7-18-13-11-8-10(14)4-5-12(11)15-9-16-13;9-8-6-3-5(10)1-2-7(6)11-4-12-8;1-6(2)4-3-5-7/h4-5,8-9H,3,6-7H2,1-2H3;1-4H;7H,3-5H2,1-2H3. The first kappa shape index (κ1) is 31.8. The normalized spacial score (nSPS) is 10.8. The van der Waals surface area contributed by atoms with Gasteiger partial charge in [0.2, 0.25) is 5.88 Å². The highest BCUT2D eigenvalue weighted by molar-refractivity contribution is 14.1. The molecule has 4 aromatic rings. The maximum Gasteiger partial charge on any atom is 0.224 e. The van der Waals surface area contributed by atoms with Crippen molar-refractivity contribution in [1.29, 1.82) is 0 Å². The summed E-state index contributed by atoms with van der Waals surface area (Å²) in [6.07, 6.45) is 4.89. The average Bonchev–Trinajstić information content (AvgIpc) is 2.87. The molecule has 0 unspecified atom stereocenters. The molecule has 37 heavy (non-hydrogen) atoms. The Morgan fingerprint density at radius 1 is 0.784 bits per heavy atom. The third-order valence-electron chi connectivity index (χ3n) is 4.86. The molecule has 0 fully saturated rings. The van der Waals surface area contributed by atoms with E-state index in [1.165, 1.54) is 6.33 Å². The Balaban J connectivity index is 0.000000218. The highest BCUT2D eigenvalue weighted by Crippen LogP contribution is 2.23. The fourth-order valence-corrected chi connectivity index (χ4v) is 4.23. The molecule has 0 bridgehead atoms. The molecule has 11 heteroatoms. The topological polar surface area (TPSA) is 87.5 Å². The molecule has 0 amide bonds. The molecule has 0 spiro atoms. The number of ether oxygens (including phenoxy) is 1. The molecule has 2 aromatic heterocycles. The van der Waals surface area contributed by atoms with Gasteiger partial charge in [-0.1, -0.05) is 11.6 Å². The van der Waals surface area contributed by atoms with Gasteiger partial charge in [0, 0.05) is 25.7 Å². The van der Waals surface area contributed by atoms with Crippen LogP contribution in [-0.2, 0) is 0 Å². The van der Waals surface area contributed by atoms with Crippen LogP contribution in [0.1, 0.15) is 12.8 Å². The van der Waals surface area contributed by atoms with Gasteiger partial charge < -0.3 is 19.6 Å². The van der Waals surface area contributed by atoms with Gasteiger partial charge in [-0.2, -0.15) is 0 Å². The van der Waals surface area contributed by atoms with Crippen molar-refractivity contribution >= 4 is 78.6 Å². The molecule has 2 aromatic carbocycles. The zero-order chi connectivity index (χ0) is 27.2. The summed E-state index contributed by atoms with van der Waals surface area (Å²) >= 11 is 10.4. The highest BCUT2D eigenvalue weighted by Gasteiger charge is 2.05. The Hall–Kier alpha value is -1.45. The van der Waals surface area contributed by atoms with Crippen LogP contribution in [0, 0.1) is 7.14 Å². The molecule has 8 nitrogen and oxygen atoms in total. The van der Waals surface area contributed by atoms with E-state index < -0.39 is 0 Å². The molecule has 0 atom stereocenters. The van der Waals surface area contributed by atoms with Crippen molar-refractivity contribution in [3.63, 3.8) is 0 Å². The van der Waals surface area contributed by atoms with Crippen molar-refractivity contribution in [1.82, 2.24) is 29.7 Å². The van der Waals surface area contributed by atoms with Gasteiger partial charge in [-0.25, -0.2) is 19.9 Å². The maximum absolute atomic E-state index is 8.29. The smallest absolute Gasteiger partial charge is 0.224 e. The van der Waals surface area contributed by atoms with Crippen LogP contribution in [0.4, 0.5) is 0 Å². The second kappa shape index (κ2) is 17.2. The Morgan fingerprint density at radius 2 is 1.32 bits per heavy atom. The molecular formula is C26H33ClI2N6O2. The van der Waals surface area contributed by atoms with E-state index in [0.29, 0.717) is 24.2 Å². The molecule has 0 aliphatic heterocycles. The molecule has 0 radical (unpaired) electrons. The number of hydrogen-bond acceptors (Lipinski definition) is 8.